The number of nitrogens with zero attached hydrogens (tertiary/aromatic N) is 4. The molecule has 4 rings (SSSR count). The van der Waals surface area contributed by atoms with Crippen LogP contribution in [0.3, 0.4) is 0 Å². The first kappa shape index (κ1) is 15.8. The molecule has 2 unspecified atom stereocenters. The van der Waals surface area contributed by atoms with Crippen LogP contribution in [0.4, 0.5) is 0 Å². The molecule has 3 heterocycles. The number of carbonyl (C=O) groups excluding carboxylic acids is 1. The number of nitrogens with one attached hydrogen (secondary N) is 1. The van der Waals surface area contributed by atoms with Crippen molar-refractivity contribution in [2.24, 2.45) is 5.41 Å². The maximum Gasteiger partial charge on any atom is 0.247 e. The predicted octanol–water partition coefficient (Wildman–Crippen LogP) is 2.07. The quantitative estimate of drug-likeness (QED) is 0.901. The first-order chi connectivity index (χ1) is 11.7. The molecule has 6 nitrogen and oxygen atoms in total. The van der Waals surface area contributed by atoms with E-state index in [4.69, 9.17) is 0 Å². The van der Waals surface area contributed by atoms with E-state index in [9.17, 15) is 4.79 Å². The van der Waals surface area contributed by atoms with Crippen molar-refractivity contribution < 1.29 is 4.79 Å². The average molecular weight is 345 g/mol. The lowest BCUT2D eigenvalue weighted by atomic mass is 9.93. The van der Waals surface area contributed by atoms with Crippen molar-refractivity contribution in [1.29, 1.82) is 0 Å². The molecule has 7 heteroatoms. The topological polar surface area (TPSA) is 63.1 Å². The van der Waals surface area contributed by atoms with Crippen LogP contribution in [0.1, 0.15) is 37.8 Å². The van der Waals surface area contributed by atoms with Crippen LogP contribution in [0.15, 0.2) is 29.5 Å². The lowest BCUT2D eigenvalue weighted by Gasteiger charge is -2.31. The molecular formula is C17H23N5OS. The molecule has 1 amide bonds. The largest absolute Gasteiger partial charge is 0.333 e. The molecule has 0 bridgehead atoms. The van der Waals surface area contributed by atoms with Crippen molar-refractivity contribution >= 4 is 17.2 Å². The zero-order valence-corrected chi connectivity index (χ0v) is 14.7. The van der Waals surface area contributed by atoms with Crippen molar-refractivity contribution in [3.63, 3.8) is 0 Å². The second-order valence-electron chi connectivity index (χ2n) is 6.98. The fourth-order valence-corrected chi connectivity index (χ4v) is 4.58. The molecule has 1 aliphatic heterocycles. The summed E-state index contributed by atoms with van der Waals surface area (Å²) in [6, 6.07) is 2.16. The second-order valence-corrected chi connectivity index (χ2v) is 7.76. The molecule has 0 aromatic carbocycles. The van der Waals surface area contributed by atoms with Crippen LogP contribution >= 0.6 is 11.3 Å². The Kier molecular flexibility index (Phi) is 4.14. The number of rotatable bonds is 5. The van der Waals surface area contributed by atoms with E-state index >= 15 is 0 Å². The van der Waals surface area contributed by atoms with Gasteiger partial charge in [0.25, 0.3) is 0 Å². The molecule has 2 aliphatic rings. The van der Waals surface area contributed by atoms with E-state index in [1.54, 1.807) is 22.3 Å². The van der Waals surface area contributed by atoms with E-state index in [1.807, 2.05) is 6.92 Å². The second kappa shape index (κ2) is 6.29. The molecule has 2 atom stereocenters. The van der Waals surface area contributed by atoms with Gasteiger partial charge in [-0.25, -0.2) is 9.67 Å². The Balaban J connectivity index is 1.55. The van der Waals surface area contributed by atoms with Gasteiger partial charge < -0.3 is 10.2 Å². The van der Waals surface area contributed by atoms with Crippen LogP contribution in [0, 0.1) is 5.41 Å². The number of carbonyl (C=O) groups is 1. The zero-order valence-electron chi connectivity index (χ0n) is 13.9. The molecule has 2 aromatic rings. The third-order valence-corrected chi connectivity index (χ3v) is 6.26. The molecule has 1 spiro atoms. The van der Waals surface area contributed by atoms with Gasteiger partial charge in [-0.2, -0.15) is 16.4 Å². The summed E-state index contributed by atoms with van der Waals surface area (Å²) in [6.45, 7) is 4.74. The van der Waals surface area contributed by atoms with Crippen LogP contribution < -0.4 is 5.32 Å². The monoisotopic (exact) mass is 345 g/mol. The number of amides is 1. The molecule has 2 aromatic heterocycles. The Hall–Kier alpha value is -1.73. The SMILES string of the molecule is CC(C(=O)N(Cc1ccsc1)C1CC12CCNCC2)n1cncn1. The highest BCUT2D eigenvalue weighted by atomic mass is 32.1. The van der Waals surface area contributed by atoms with E-state index in [1.165, 1.54) is 24.7 Å². The van der Waals surface area contributed by atoms with Gasteiger partial charge in [0.2, 0.25) is 5.91 Å². The number of piperidine rings is 1. The Labute approximate surface area is 145 Å². The number of aromatic nitrogens is 3. The molecule has 1 N–H and O–H groups in total. The summed E-state index contributed by atoms with van der Waals surface area (Å²) < 4.78 is 1.65. The van der Waals surface area contributed by atoms with Gasteiger partial charge in [0.1, 0.15) is 18.7 Å². The fourth-order valence-electron chi connectivity index (χ4n) is 3.92. The summed E-state index contributed by atoms with van der Waals surface area (Å²) >= 11 is 1.68. The third kappa shape index (κ3) is 2.86. The minimum Gasteiger partial charge on any atom is -0.333 e. The molecule has 1 aliphatic carbocycles. The Morgan fingerprint density at radius 3 is 3.04 bits per heavy atom. The van der Waals surface area contributed by atoms with Gasteiger partial charge in [0.15, 0.2) is 0 Å². The highest BCUT2D eigenvalue weighted by Crippen LogP contribution is 2.56. The first-order valence-corrected chi connectivity index (χ1v) is 9.50. The molecule has 128 valence electrons. The van der Waals surface area contributed by atoms with E-state index < -0.39 is 0 Å². The molecular weight excluding hydrogens is 322 g/mol. The lowest BCUT2D eigenvalue weighted by Crippen LogP contribution is -2.41. The van der Waals surface area contributed by atoms with Gasteiger partial charge in [0, 0.05) is 12.6 Å². The molecule has 1 saturated heterocycles. The van der Waals surface area contributed by atoms with Crippen LogP contribution in [0.5, 0.6) is 0 Å². The summed E-state index contributed by atoms with van der Waals surface area (Å²) in [5, 5.41) is 11.8. The zero-order chi connectivity index (χ0) is 16.6. The molecule has 1 saturated carbocycles. The van der Waals surface area contributed by atoms with Crippen molar-refractivity contribution in [3.8, 4) is 0 Å². The van der Waals surface area contributed by atoms with Gasteiger partial charge in [-0.3, -0.25) is 4.79 Å². The minimum absolute atomic E-state index is 0.145. The van der Waals surface area contributed by atoms with Crippen LogP contribution in [-0.4, -0.2) is 44.7 Å². The highest BCUT2D eigenvalue weighted by molar-refractivity contribution is 7.07. The standard InChI is InChI=1S/C17H23N5OS/c1-13(22-12-19-11-20-22)16(23)21(9-14-2-7-24-10-14)15-8-17(15)3-5-18-6-4-17/h2,7,10-13,15,18H,3-6,8-9H2,1H3. The fraction of sp³-hybridized carbons (Fsp3) is 0.588. The van der Waals surface area contributed by atoms with Gasteiger partial charge in [-0.15, -0.1) is 0 Å². The summed E-state index contributed by atoms with van der Waals surface area (Å²) in [6.07, 6.45) is 6.58. The summed E-state index contributed by atoms with van der Waals surface area (Å²) in [5.74, 6) is 0.145. The number of hydrogen-bond acceptors (Lipinski definition) is 5. The van der Waals surface area contributed by atoms with E-state index in [0.717, 1.165) is 19.5 Å². The first-order valence-electron chi connectivity index (χ1n) is 8.56. The van der Waals surface area contributed by atoms with Gasteiger partial charge in [0.05, 0.1) is 0 Å². The van der Waals surface area contributed by atoms with E-state index in [-0.39, 0.29) is 11.9 Å². The Morgan fingerprint density at radius 1 is 1.54 bits per heavy atom. The Morgan fingerprint density at radius 2 is 2.38 bits per heavy atom. The summed E-state index contributed by atoms with van der Waals surface area (Å²) in [4.78, 5) is 19.3. The van der Waals surface area contributed by atoms with Crippen LogP contribution in [0.2, 0.25) is 0 Å². The molecule has 0 radical (unpaired) electrons. The third-order valence-electron chi connectivity index (χ3n) is 5.53. The summed E-state index contributed by atoms with van der Waals surface area (Å²) in [5.41, 5.74) is 1.55. The lowest BCUT2D eigenvalue weighted by molar-refractivity contribution is -0.136. The van der Waals surface area contributed by atoms with E-state index in [2.05, 4.69) is 37.1 Å². The van der Waals surface area contributed by atoms with Gasteiger partial charge in [-0.05, 0) is 67.1 Å². The van der Waals surface area contributed by atoms with Gasteiger partial charge in [-0.1, -0.05) is 0 Å². The number of thiophene rings is 1. The Bertz CT molecular complexity index is 678. The van der Waals surface area contributed by atoms with E-state index in [0.29, 0.717) is 18.0 Å². The molecule has 24 heavy (non-hydrogen) atoms. The van der Waals surface area contributed by atoms with Crippen molar-refractivity contribution in [2.75, 3.05) is 13.1 Å². The van der Waals surface area contributed by atoms with Gasteiger partial charge >= 0.3 is 0 Å². The maximum atomic E-state index is 13.2. The van der Waals surface area contributed by atoms with Crippen LogP contribution in [0.25, 0.3) is 0 Å². The normalized spacial score (nSPS) is 23.1. The molecule has 2 fully saturated rings. The van der Waals surface area contributed by atoms with Crippen LogP contribution in [-0.2, 0) is 11.3 Å². The minimum atomic E-state index is -0.314. The number of hydrogen-bond donors (Lipinski definition) is 1. The predicted molar refractivity (Wildman–Crippen MR) is 92.5 cm³/mol. The highest BCUT2D eigenvalue weighted by Gasteiger charge is 2.58. The van der Waals surface area contributed by atoms with Crippen molar-refractivity contribution in [3.05, 3.63) is 35.0 Å². The van der Waals surface area contributed by atoms with Crippen molar-refractivity contribution in [2.45, 2.75) is 44.8 Å². The maximum absolute atomic E-state index is 13.2. The van der Waals surface area contributed by atoms with Crippen molar-refractivity contribution in [1.82, 2.24) is 25.0 Å². The summed E-state index contributed by atoms with van der Waals surface area (Å²) in [7, 11) is 0. The average Bonchev–Trinajstić information content (AvgIpc) is 3.07. The smallest absolute Gasteiger partial charge is 0.247 e.